The van der Waals surface area contributed by atoms with Crippen LogP contribution in [0.15, 0.2) is 0 Å². The third-order valence-corrected chi connectivity index (χ3v) is 0. The van der Waals surface area contributed by atoms with Crippen molar-refractivity contribution in [3.8, 4) is 0 Å². The van der Waals surface area contributed by atoms with Gasteiger partial charge in [-0.1, -0.05) is 0 Å². The first-order chi connectivity index (χ1) is 5.00. The van der Waals surface area contributed by atoms with E-state index in [0.717, 1.165) is 0 Å². The zero-order valence-corrected chi connectivity index (χ0v) is 17.4. The first kappa shape index (κ1) is 177. The first-order valence-electron chi connectivity index (χ1n) is 1.12. The van der Waals surface area contributed by atoms with Crippen LogP contribution in [0.5, 0.6) is 0 Å². The molecule has 9 nitrogen and oxygen atoms in total. The van der Waals surface area contributed by atoms with Crippen molar-refractivity contribution in [1.29, 1.82) is 26.3 Å². The van der Waals surface area contributed by atoms with E-state index in [1.807, 2.05) is 0 Å². The van der Waals surface area contributed by atoms with Crippen LogP contribution >= 0.6 is 0 Å². The number of nitrogens with zero attached hydrogens (tertiary/aromatic N) is 5. The molecule has 18 heavy (non-hydrogen) atoms. The van der Waals surface area contributed by atoms with Crippen molar-refractivity contribution < 1.29 is 122 Å². The van der Waals surface area contributed by atoms with Gasteiger partial charge >= 0.3 is 106 Å². The van der Waals surface area contributed by atoms with Crippen LogP contribution in [-0.4, -0.2) is 16.4 Å². The van der Waals surface area contributed by atoms with Crippen molar-refractivity contribution in [1.82, 2.24) is 6.15 Å². The normalized spacial score (nSPS) is 0.556. The van der Waals surface area contributed by atoms with Gasteiger partial charge in [0.05, 0.1) is 0 Å². The first-order valence-corrected chi connectivity index (χ1v) is 1.12. The van der Waals surface area contributed by atoms with Crippen LogP contribution in [0.3, 0.4) is 0 Å². The molecule has 0 heterocycles. The molecule has 0 spiro atoms. The summed E-state index contributed by atoms with van der Waals surface area (Å²) in [5, 5.41) is 31.2. The number of hydrogen-bond donors (Lipinski definition) is 1. The Balaban J connectivity index is -0.00000000142. The van der Waals surface area contributed by atoms with E-state index in [2.05, 4.69) is 0 Å². The fourth-order valence-corrected chi connectivity index (χ4v) is 0. The Morgan fingerprint density at radius 1 is 0.389 bits per heavy atom. The van der Waals surface area contributed by atoms with E-state index in [-0.39, 0.29) is 128 Å². The van der Waals surface area contributed by atoms with Crippen molar-refractivity contribution in [2.45, 2.75) is 0 Å². The van der Waals surface area contributed by atoms with Gasteiger partial charge in [-0.3, -0.25) is 0 Å². The molecule has 0 aliphatic carbocycles. The van der Waals surface area contributed by atoms with Crippen molar-refractivity contribution in [3.05, 3.63) is 32.9 Å². The van der Waals surface area contributed by atoms with Crippen molar-refractivity contribution in [3.63, 3.8) is 0 Å². The van der Waals surface area contributed by atoms with Gasteiger partial charge in [-0.2, -0.15) is 0 Å². The second-order valence-corrected chi connectivity index (χ2v) is 0. The molecule has 0 aliphatic rings. The monoisotopic (exact) mass is 326 g/mol. The summed E-state index contributed by atoms with van der Waals surface area (Å²) >= 11 is 0. The standard InChI is InChI=1S/5CN.Fe.H3N.3Na.3H2O/c5*1-2;;;;;;;;/h;;;;;;1H3;;;;3*1H2/q5*-1;+2;;3*+1;;;. The Morgan fingerprint density at radius 3 is 0.389 bits per heavy atom. The minimum atomic E-state index is 0. The summed E-state index contributed by atoms with van der Waals surface area (Å²) in [4.78, 5) is 0. The Morgan fingerprint density at radius 2 is 0.389 bits per heavy atom. The zero-order valence-electron chi connectivity index (χ0n) is 10.3. The van der Waals surface area contributed by atoms with Gasteiger partial charge in [0, 0.05) is 0 Å². The molecule has 0 bridgehead atoms. The van der Waals surface area contributed by atoms with Gasteiger partial charge in [0.15, 0.2) is 0 Å². The Bertz CT molecular complexity index is 97.0. The van der Waals surface area contributed by atoms with Crippen molar-refractivity contribution >= 4 is 0 Å². The fourth-order valence-electron chi connectivity index (χ4n) is 0. The van der Waals surface area contributed by atoms with Crippen molar-refractivity contribution in [2.24, 2.45) is 0 Å². The maximum absolute atomic E-state index is 6.25. The second kappa shape index (κ2) is 7680. The Kier molecular flexibility index (Phi) is 75400. The molecule has 0 aliphatic heterocycles. The predicted molar refractivity (Wildman–Crippen MR) is 40.7 cm³/mol. The molecule has 0 radical (unpaired) electrons. The molecule has 0 atom stereocenters. The average Bonchev–Trinajstić information content (AvgIpc) is 2.20. The largest absolute Gasteiger partial charge is 2.00 e. The summed E-state index contributed by atoms with van der Waals surface area (Å²) in [6, 6.07) is 0. The van der Waals surface area contributed by atoms with E-state index in [1.54, 1.807) is 0 Å². The SMILES string of the molecule is N.O.O.O.[C-]#N.[C-]#N.[C-]#N.[C-]#N.[C-]#N.[Fe+2].[Na+].[Na+].[Na+]. The van der Waals surface area contributed by atoms with Crippen LogP contribution < -0.4 is 94.8 Å². The molecule has 0 aromatic heterocycles. The van der Waals surface area contributed by atoms with Gasteiger partial charge in [-0.15, -0.1) is 0 Å². The molecule has 9 N–H and O–H groups in total. The predicted octanol–water partition coefficient (Wildman–Crippen LogP) is -10.8. The summed E-state index contributed by atoms with van der Waals surface area (Å²) < 4.78 is 0. The van der Waals surface area contributed by atoms with Gasteiger partial charge in [-0.25, -0.2) is 0 Å². The molecule has 0 saturated carbocycles. The molecule has 0 fully saturated rings. The minimum absolute atomic E-state index is 0. The summed E-state index contributed by atoms with van der Waals surface area (Å²) in [6.07, 6.45) is 0. The van der Waals surface area contributed by atoms with E-state index in [9.17, 15) is 0 Å². The Labute approximate surface area is 185 Å². The molecule has 13 heteroatoms. The maximum atomic E-state index is 6.25. The molecule has 0 unspecified atom stereocenters. The van der Waals surface area contributed by atoms with Crippen LogP contribution in [0.2, 0.25) is 0 Å². The summed E-state index contributed by atoms with van der Waals surface area (Å²) in [5.41, 5.74) is 0. The minimum Gasteiger partial charge on any atom is -0.512 e. The maximum Gasteiger partial charge on any atom is 2.00 e. The molecule has 88 valence electrons. The van der Waals surface area contributed by atoms with E-state index < -0.39 is 0 Å². The van der Waals surface area contributed by atoms with E-state index in [4.69, 9.17) is 59.2 Å². The quantitative estimate of drug-likeness (QED) is 0.333. The summed E-state index contributed by atoms with van der Waals surface area (Å²) in [5.74, 6) is 0. The van der Waals surface area contributed by atoms with Gasteiger partial charge in [0.1, 0.15) is 0 Å². The molecular formula is C5H9FeN6Na3O3. The van der Waals surface area contributed by atoms with Gasteiger partial charge < -0.3 is 81.7 Å². The van der Waals surface area contributed by atoms with Gasteiger partial charge in [0.25, 0.3) is 0 Å². The van der Waals surface area contributed by atoms with Crippen LogP contribution in [-0.2, 0) is 17.1 Å². The molecule has 0 saturated heterocycles. The van der Waals surface area contributed by atoms with Crippen LogP contribution in [0.4, 0.5) is 0 Å². The number of rotatable bonds is 0. The average molecular weight is 326 g/mol. The van der Waals surface area contributed by atoms with Gasteiger partial charge in [-0.05, 0) is 0 Å². The van der Waals surface area contributed by atoms with Crippen LogP contribution in [0, 0.1) is 59.2 Å². The van der Waals surface area contributed by atoms with Gasteiger partial charge in [0.2, 0.25) is 0 Å². The van der Waals surface area contributed by atoms with E-state index in [1.165, 1.54) is 0 Å². The number of hydrogen-bond acceptors (Lipinski definition) is 6. The van der Waals surface area contributed by atoms with Crippen LogP contribution in [0.1, 0.15) is 0 Å². The Hall–Kier alpha value is 0.809. The van der Waals surface area contributed by atoms with E-state index >= 15 is 0 Å². The second-order valence-electron chi connectivity index (χ2n) is 0. The van der Waals surface area contributed by atoms with Crippen LogP contribution in [0.25, 0.3) is 0 Å². The smallest absolute Gasteiger partial charge is 0.512 e. The summed E-state index contributed by atoms with van der Waals surface area (Å²) in [7, 11) is 0. The summed E-state index contributed by atoms with van der Waals surface area (Å²) in [6.45, 7) is 23.8. The third kappa shape index (κ3) is 6410. The van der Waals surface area contributed by atoms with E-state index in [0.29, 0.717) is 0 Å². The topological polar surface area (TPSA) is 248 Å². The molecule has 0 aromatic rings. The molecule has 0 rings (SSSR count). The fraction of sp³-hybridized carbons (Fsp3) is 0. The molecule has 0 aromatic carbocycles. The molecular weight excluding hydrogens is 317 g/mol. The third-order valence-electron chi connectivity index (χ3n) is 0. The molecule has 0 amide bonds. The van der Waals surface area contributed by atoms with Crippen molar-refractivity contribution in [2.75, 3.05) is 0 Å². The zero-order chi connectivity index (χ0) is 10.0.